The van der Waals surface area contributed by atoms with Gasteiger partial charge in [0.05, 0.1) is 48.1 Å². The van der Waals surface area contributed by atoms with E-state index < -0.39 is 11.8 Å². The third kappa shape index (κ3) is 3.57. The second-order valence-corrected chi connectivity index (χ2v) is 7.49. The molecule has 136 valence electrons. The quantitative estimate of drug-likeness (QED) is 0.807. The Bertz CT molecular complexity index is 792. The number of hydrogen-bond acceptors (Lipinski definition) is 7. The smallest absolute Gasteiger partial charge is 0.143 e. The molecule has 1 aliphatic heterocycles. The minimum absolute atomic E-state index is 0.110. The van der Waals surface area contributed by atoms with Crippen LogP contribution < -0.4 is 5.73 Å². The van der Waals surface area contributed by atoms with Crippen molar-refractivity contribution in [1.29, 1.82) is 5.26 Å². The Morgan fingerprint density at radius 3 is 2.85 bits per heavy atom. The van der Waals surface area contributed by atoms with Gasteiger partial charge in [-0.2, -0.15) is 5.26 Å². The third-order valence-corrected chi connectivity index (χ3v) is 4.80. The molecular formula is C19H23N5O2. The van der Waals surface area contributed by atoms with E-state index >= 15 is 0 Å². The fraction of sp³-hybridized carbons (Fsp3) is 0.526. The number of fused-ring (bicyclic) bond motifs is 1. The Kier molecular flexibility index (Phi) is 5.25. The molecule has 1 fully saturated rings. The Balaban J connectivity index is 2.09. The normalized spacial score (nSPS) is 24.7. The number of nitriles is 1. The van der Waals surface area contributed by atoms with Gasteiger partial charge in [-0.05, 0) is 17.9 Å². The second kappa shape index (κ2) is 7.44. The largest absolute Gasteiger partial charge is 0.374 e. The average Bonchev–Trinajstić information content (AvgIpc) is 2.60. The number of aromatic nitrogens is 2. The summed E-state index contributed by atoms with van der Waals surface area (Å²) < 4.78 is 5.54. The van der Waals surface area contributed by atoms with Crippen molar-refractivity contribution >= 4 is 11.5 Å². The summed E-state index contributed by atoms with van der Waals surface area (Å²) in [6.07, 6.45) is 4.25. The van der Waals surface area contributed by atoms with Gasteiger partial charge < -0.3 is 10.5 Å². The van der Waals surface area contributed by atoms with Crippen LogP contribution in [0.25, 0.3) is 0 Å². The van der Waals surface area contributed by atoms with Gasteiger partial charge in [0, 0.05) is 24.9 Å². The van der Waals surface area contributed by atoms with Crippen LogP contribution in [0.1, 0.15) is 38.3 Å². The second-order valence-electron chi connectivity index (χ2n) is 7.49. The van der Waals surface area contributed by atoms with E-state index in [4.69, 9.17) is 15.5 Å². The molecule has 1 aromatic heterocycles. The summed E-state index contributed by atoms with van der Waals surface area (Å²) in [6.45, 7) is 5.12. The van der Waals surface area contributed by atoms with E-state index in [-0.39, 0.29) is 17.8 Å². The molecule has 0 bridgehead atoms. The van der Waals surface area contributed by atoms with Crippen molar-refractivity contribution < 1.29 is 9.53 Å². The van der Waals surface area contributed by atoms with E-state index in [1.54, 1.807) is 12.3 Å². The molecule has 0 saturated heterocycles. The van der Waals surface area contributed by atoms with Crippen molar-refractivity contribution in [3.05, 3.63) is 35.6 Å². The minimum Gasteiger partial charge on any atom is -0.374 e. The number of carbonyl (C=O) groups is 1. The van der Waals surface area contributed by atoms with Crippen molar-refractivity contribution in [3.8, 4) is 6.07 Å². The molecule has 7 heteroatoms. The molecule has 0 aromatic carbocycles. The van der Waals surface area contributed by atoms with E-state index in [1.807, 2.05) is 0 Å². The molecule has 1 saturated carbocycles. The molecule has 3 rings (SSSR count). The molecule has 2 heterocycles. The fourth-order valence-electron chi connectivity index (χ4n) is 3.80. The summed E-state index contributed by atoms with van der Waals surface area (Å²) in [5.74, 6) is -0.764. The van der Waals surface area contributed by atoms with Gasteiger partial charge in [0.1, 0.15) is 12.1 Å². The zero-order valence-corrected chi connectivity index (χ0v) is 15.1. The summed E-state index contributed by atoms with van der Waals surface area (Å²) in [4.78, 5) is 25.9. The van der Waals surface area contributed by atoms with E-state index in [9.17, 15) is 10.1 Å². The van der Waals surface area contributed by atoms with Gasteiger partial charge in [0.2, 0.25) is 0 Å². The highest BCUT2D eigenvalue weighted by Gasteiger charge is 2.47. The highest BCUT2D eigenvalue weighted by Crippen LogP contribution is 2.45. The molecule has 1 aliphatic carbocycles. The minimum atomic E-state index is -0.439. The third-order valence-electron chi connectivity index (χ3n) is 4.80. The summed E-state index contributed by atoms with van der Waals surface area (Å²) in [7, 11) is 0. The van der Waals surface area contributed by atoms with E-state index in [1.165, 1.54) is 6.33 Å². The molecule has 2 N–H and O–H groups in total. The van der Waals surface area contributed by atoms with Crippen LogP contribution in [0.2, 0.25) is 0 Å². The highest BCUT2D eigenvalue weighted by atomic mass is 16.5. The van der Waals surface area contributed by atoms with Gasteiger partial charge >= 0.3 is 0 Å². The topological polar surface area (TPSA) is 114 Å². The molecule has 7 nitrogen and oxygen atoms in total. The number of rotatable bonds is 5. The van der Waals surface area contributed by atoms with Gasteiger partial charge in [-0.1, -0.05) is 13.8 Å². The lowest BCUT2D eigenvalue weighted by atomic mass is 9.64. The number of carbonyl (C=O) groups excluding carboxylic acids is 1. The molecule has 2 atom stereocenters. The van der Waals surface area contributed by atoms with Crippen molar-refractivity contribution in [2.24, 2.45) is 22.1 Å². The molecule has 0 spiro atoms. The van der Waals surface area contributed by atoms with Gasteiger partial charge in [-0.25, -0.2) is 9.97 Å². The number of allylic oxidation sites excluding steroid dienone is 1. The summed E-state index contributed by atoms with van der Waals surface area (Å²) in [5.41, 5.74) is 7.85. The molecule has 1 aromatic rings. The highest BCUT2D eigenvalue weighted by molar-refractivity contribution is 6.10. The molecule has 0 radical (unpaired) electrons. The number of nitrogens with zero attached hydrogens (tertiary/aromatic N) is 4. The van der Waals surface area contributed by atoms with Crippen molar-refractivity contribution in [1.82, 2.24) is 9.97 Å². The average molecular weight is 353 g/mol. The van der Waals surface area contributed by atoms with Crippen molar-refractivity contribution in [3.63, 3.8) is 0 Å². The number of aliphatic imine (C=N–C) groups is 1. The number of nitrogens with two attached hydrogens (primary N) is 1. The van der Waals surface area contributed by atoms with Crippen LogP contribution in [-0.4, -0.2) is 41.2 Å². The van der Waals surface area contributed by atoms with Gasteiger partial charge in [-0.3, -0.25) is 9.79 Å². The van der Waals surface area contributed by atoms with Crippen molar-refractivity contribution in [2.75, 3.05) is 19.8 Å². The fourth-order valence-corrected chi connectivity index (χ4v) is 3.80. The first-order valence-electron chi connectivity index (χ1n) is 8.74. The maximum absolute atomic E-state index is 13.0. The van der Waals surface area contributed by atoms with Crippen molar-refractivity contribution in [2.45, 2.75) is 32.6 Å². The molecule has 26 heavy (non-hydrogen) atoms. The van der Waals surface area contributed by atoms with Crippen LogP contribution >= 0.6 is 0 Å². The lowest BCUT2D eigenvalue weighted by Gasteiger charge is -2.40. The lowest BCUT2D eigenvalue weighted by molar-refractivity contribution is -0.124. The zero-order valence-electron chi connectivity index (χ0n) is 15.1. The first kappa shape index (κ1) is 18.4. The first-order chi connectivity index (χ1) is 12.5. The first-order valence-corrected chi connectivity index (χ1v) is 8.74. The number of hydrogen-bond donors (Lipinski definition) is 1. The maximum Gasteiger partial charge on any atom is 0.143 e. The Labute approximate surface area is 153 Å². The van der Waals surface area contributed by atoms with Gasteiger partial charge in [0.15, 0.2) is 0 Å². The molecular weight excluding hydrogens is 330 g/mol. The van der Waals surface area contributed by atoms with Crippen LogP contribution in [0.5, 0.6) is 0 Å². The van der Waals surface area contributed by atoms with E-state index in [2.05, 4.69) is 29.9 Å². The summed E-state index contributed by atoms with van der Waals surface area (Å²) >= 11 is 0. The molecule has 0 amide bonds. The summed E-state index contributed by atoms with van der Waals surface area (Å²) in [6, 6.07) is 4.01. The van der Waals surface area contributed by atoms with E-state index in [0.717, 1.165) is 5.71 Å². The monoisotopic (exact) mass is 353 g/mol. The maximum atomic E-state index is 13.0. The van der Waals surface area contributed by atoms with Crippen LogP contribution in [0.3, 0.4) is 0 Å². The zero-order chi connectivity index (χ0) is 18.7. The van der Waals surface area contributed by atoms with Crippen LogP contribution in [0.15, 0.2) is 34.9 Å². The van der Waals surface area contributed by atoms with Crippen LogP contribution in [0.4, 0.5) is 0 Å². The number of ether oxygens (including phenoxy) is 1. The van der Waals surface area contributed by atoms with Gasteiger partial charge in [-0.15, -0.1) is 0 Å². The van der Waals surface area contributed by atoms with Crippen LogP contribution in [-0.2, 0) is 9.53 Å². The van der Waals surface area contributed by atoms with Crippen LogP contribution in [0, 0.1) is 22.7 Å². The Hall–Kier alpha value is -2.43. The Morgan fingerprint density at radius 1 is 1.38 bits per heavy atom. The molecule has 2 aliphatic rings. The molecule has 2 unspecified atom stereocenters. The standard InChI is InChI=1S/C19H23N5O2/c1-19(2)7-14-18(16(25)8-19)17(13-3-5-22-11-23-13)12(9-21)15(24-14)10-26-6-4-20/h3,5,11,17-18H,4,6-8,10,20H2,1-2H3. The number of ketones is 1. The SMILES string of the molecule is CC1(C)CC(=O)C2C(=NC(COCCN)=C(C#N)C2c2ccncn2)C1. The summed E-state index contributed by atoms with van der Waals surface area (Å²) in [5, 5.41) is 9.82. The Morgan fingerprint density at radius 2 is 2.19 bits per heavy atom. The van der Waals surface area contributed by atoms with E-state index in [0.29, 0.717) is 43.0 Å². The predicted octanol–water partition coefficient (Wildman–Crippen LogP) is 1.77. The number of Topliss-reactive ketones (excluding diaryl/α,β-unsaturated/α-hetero) is 1. The predicted molar refractivity (Wildman–Crippen MR) is 96.2 cm³/mol. The van der Waals surface area contributed by atoms with Gasteiger partial charge in [0.25, 0.3) is 0 Å². The lowest BCUT2D eigenvalue weighted by Crippen LogP contribution is -2.43.